The molecule has 10 heteroatoms. The number of nitrogens with zero attached hydrogens (tertiary/aromatic N) is 5. The number of morpholine rings is 1. The number of anilines is 1. The van der Waals surface area contributed by atoms with Gasteiger partial charge in [0, 0.05) is 31.8 Å². The fraction of sp³-hybridized carbons (Fsp3) is 0.231. The Balaban J connectivity index is 1.42. The van der Waals surface area contributed by atoms with Crippen molar-refractivity contribution < 1.29 is 14.1 Å². The van der Waals surface area contributed by atoms with E-state index in [0.29, 0.717) is 60.5 Å². The van der Waals surface area contributed by atoms with Crippen molar-refractivity contribution in [3.63, 3.8) is 0 Å². The van der Waals surface area contributed by atoms with Crippen LogP contribution in [-0.2, 0) is 11.8 Å². The number of aromatic nitrogens is 2. The number of aliphatic imine (C=N–C) groups is 1. The first-order valence-corrected chi connectivity index (χ1v) is 11.5. The maximum Gasteiger partial charge on any atom is 0.297 e. The van der Waals surface area contributed by atoms with Crippen LogP contribution in [0.15, 0.2) is 74.9 Å². The topological polar surface area (TPSA) is 108 Å². The predicted molar refractivity (Wildman–Crippen MR) is 137 cm³/mol. The van der Waals surface area contributed by atoms with Crippen molar-refractivity contribution in [3.05, 3.63) is 92.6 Å². The van der Waals surface area contributed by atoms with Gasteiger partial charge < -0.3 is 14.1 Å². The van der Waals surface area contributed by atoms with Gasteiger partial charge in [-0.15, -0.1) is 0 Å². The number of benzene rings is 2. The van der Waals surface area contributed by atoms with Crippen molar-refractivity contribution in [1.82, 2.24) is 9.36 Å². The number of furan rings is 1. The van der Waals surface area contributed by atoms with Crippen LogP contribution in [0.1, 0.15) is 11.5 Å². The molecule has 0 aliphatic carbocycles. The normalized spacial score (nSPS) is 14.0. The number of ether oxygens (including phenoxy) is 1. The Morgan fingerprint density at radius 2 is 1.81 bits per heavy atom. The van der Waals surface area contributed by atoms with Crippen molar-refractivity contribution in [2.75, 3.05) is 31.2 Å². The molecule has 10 nitrogen and oxygen atoms in total. The van der Waals surface area contributed by atoms with Gasteiger partial charge in [0.25, 0.3) is 11.2 Å². The lowest BCUT2D eigenvalue weighted by atomic mass is 10.1. The van der Waals surface area contributed by atoms with Gasteiger partial charge >= 0.3 is 0 Å². The van der Waals surface area contributed by atoms with Gasteiger partial charge in [-0.2, -0.15) is 0 Å². The molecule has 0 unspecified atom stereocenters. The fourth-order valence-electron chi connectivity index (χ4n) is 4.30. The average Bonchev–Trinajstić information content (AvgIpc) is 3.46. The fourth-order valence-corrected chi connectivity index (χ4v) is 4.30. The molecule has 0 saturated carbocycles. The Morgan fingerprint density at radius 1 is 1.06 bits per heavy atom. The second-order valence-electron chi connectivity index (χ2n) is 8.43. The Labute approximate surface area is 206 Å². The van der Waals surface area contributed by atoms with E-state index in [1.54, 1.807) is 40.7 Å². The zero-order chi connectivity index (χ0) is 25.2. The summed E-state index contributed by atoms with van der Waals surface area (Å²) < 4.78 is 14.6. The lowest BCUT2D eigenvalue weighted by Gasteiger charge is -2.28. The first-order chi connectivity index (χ1) is 17.4. The minimum atomic E-state index is -0.379. The lowest BCUT2D eigenvalue weighted by Crippen LogP contribution is -2.36. The molecule has 0 atom stereocenters. The van der Waals surface area contributed by atoms with Crippen molar-refractivity contribution in [3.8, 4) is 17.0 Å². The number of para-hydroxylation sites is 1. The predicted octanol–water partition coefficient (Wildman–Crippen LogP) is 4.24. The number of nitro groups is 1. The maximum absolute atomic E-state index is 13.0. The molecule has 184 valence electrons. The number of hydrogen-bond donors (Lipinski definition) is 0. The van der Waals surface area contributed by atoms with Crippen LogP contribution in [-0.4, -0.2) is 46.8 Å². The highest BCUT2D eigenvalue weighted by Crippen LogP contribution is 2.34. The monoisotopic (exact) mass is 487 g/mol. The molecule has 5 rings (SSSR count). The Kier molecular flexibility index (Phi) is 6.26. The SMILES string of the molecule is Cc1c(N=Cc2ccc(-c3ccc(N4CCOCC4)c([N+](=O)[O-])c3)o2)c(=O)n(-c2ccccc2)n1C. The number of nitro benzene ring substituents is 1. The van der Waals surface area contributed by atoms with Gasteiger partial charge in [0.1, 0.15) is 17.2 Å². The maximum atomic E-state index is 13.0. The average molecular weight is 488 g/mol. The molecule has 0 amide bonds. The summed E-state index contributed by atoms with van der Waals surface area (Å²) in [5.74, 6) is 0.901. The lowest BCUT2D eigenvalue weighted by molar-refractivity contribution is -0.384. The molecule has 0 N–H and O–H groups in total. The zero-order valence-corrected chi connectivity index (χ0v) is 20.0. The molecular formula is C26H25N5O5. The van der Waals surface area contributed by atoms with Crippen LogP contribution in [0.4, 0.5) is 17.1 Å². The first-order valence-electron chi connectivity index (χ1n) is 11.5. The minimum Gasteiger partial charge on any atom is -0.455 e. The van der Waals surface area contributed by atoms with Gasteiger partial charge in [-0.1, -0.05) is 18.2 Å². The van der Waals surface area contributed by atoms with E-state index >= 15 is 0 Å². The molecule has 3 heterocycles. The van der Waals surface area contributed by atoms with Gasteiger partial charge in [-0.05, 0) is 43.3 Å². The van der Waals surface area contributed by atoms with Crippen LogP contribution in [0.2, 0.25) is 0 Å². The summed E-state index contributed by atoms with van der Waals surface area (Å²) in [5.41, 5.74) is 2.69. The van der Waals surface area contributed by atoms with Crippen LogP contribution in [0.3, 0.4) is 0 Å². The second-order valence-corrected chi connectivity index (χ2v) is 8.43. The highest BCUT2D eigenvalue weighted by molar-refractivity contribution is 5.81. The molecule has 1 saturated heterocycles. The van der Waals surface area contributed by atoms with Crippen molar-refractivity contribution in [1.29, 1.82) is 0 Å². The summed E-state index contributed by atoms with van der Waals surface area (Å²) in [7, 11) is 1.81. The van der Waals surface area contributed by atoms with Crippen LogP contribution in [0.25, 0.3) is 17.0 Å². The highest BCUT2D eigenvalue weighted by atomic mass is 16.6. The van der Waals surface area contributed by atoms with E-state index in [9.17, 15) is 14.9 Å². The van der Waals surface area contributed by atoms with E-state index in [-0.39, 0.29) is 16.2 Å². The third-order valence-corrected chi connectivity index (χ3v) is 6.28. The molecular weight excluding hydrogens is 462 g/mol. The summed E-state index contributed by atoms with van der Waals surface area (Å²) in [4.78, 5) is 30.8. The third-order valence-electron chi connectivity index (χ3n) is 6.28. The zero-order valence-electron chi connectivity index (χ0n) is 20.0. The van der Waals surface area contributed by atoms with Gasteiger partial charge in [0.05, 0.1) is 35.7 Å². The Hall–Kier alpha value is -4.44. The van der Waals surface area contributed by atoms with E-state index in [1.165, 1.54) is 12.3 Å². The van der Waals surface area contributed by atoms with Crippen LogP contribution >= 0.6 is 0 Å². The van der Waals surface area contributed by atoms with Crippen molar-refractivity contribution in [2.45, 2.75) is 6.92 Å². The van der Waals surface area contributed by atoms with Crippen LogP contribution in [0.5, 0.6) is 0 Å². The first kappa shape index (κ1) is 23.3. The summed E-state index contributed by atoms with van der Waals surface area (Å²) in [5, 5.41) is 11.8. The van der Waals surface area contributed by atoms with Crippen LogP contribution < -0.4 is 10.5 Å². The van der Waals surface area contributed by atoms with Crippen molar-refractivity contribution >= 4 is 23.3 Å². The molecule has 2 aromatic carbocycles. The minimum absolute atomic E-state index is 0.0161. The second kappa shape index (κ2) is 9.67. The Morgan fingerprint density at radius 3 is 2.53 bits per heavy atom. The molecule has 0 radical (unpaired) electrons. The summed E-state index contributed by atoms with van der Waals surface area (Å²) >= 11 is 0. The van der Waals surface area contributed by atoms with E-state index in [4.69, 9.17) is 9.15 Å². The molecule has 4 aromatic rings. The van der Waals surface area contributed by atoms with E-state index < -0.39 is 0 Å². The van der Waals surface area contributed by atoms with Gasteiger partial charge in [0.15, 0.2) is 5.69 Å². The molecule has 0 bridgehead atoms. The molecule has 1 fully saturated rings. The van der Waals surface area contributed by atoms with E-state index in [1.807, 2.05) is 42.2 Å². The van der Waals surface area contributed by atoms with Gasteiger partial charge in [0.2, 0.25) is 0 Å². The number of hydrogen-bond acceptors (Lipinski definition) is 7. The molecule has 2 aromatic heterocycles. The van der Waals surface area contributed by atoms with Gasteiger partial charge in [-0.25, -0.2) is 9.67 Å². The summed E-state index contributed by atoms with van der Waals surface area (Å²) in [6.45, 7) is 4.11. The molecule has 1 aliphatic heterocycles. The standard InChI is InChI=1S/C26H25N5O5/c1-18-25(26(32)30(28(18)2)20-6-4-3-5-7-20)27-17-21-9-11-24(36-21)19-8-10-22(23(16-19)31(33)34)29-12-14-35-15-13-29/h3-11,16-17H,12-15H2,1-2H3. The van der Waals surface area contributed by atoms with E-state index in [2.05, 4.69) is 4.99 Å². The molecule has 1 aliphatic rings. The van der Waals surface area contributed by atoms with Gasteiger partial charge in [-0.3, -0.25) is 19.6 Å². The molecule has 36 heavy (non-hydrogen) atoms. The number of rotatable bonds is 6. The quantitative estimate of drug-likeness (QED) is 0.229. The highest BCUT2D eigenvalue weighted by Gasteiger charge is 2.23. The molecule has 0 spiro atoms. The smallest absolute Gasteiger partial charge is 0.297 e. The largest absolute Gasteiger partial charge is 0.455 e. The summed E-state index contributed by atoms with van der Waals surface area (Å²) in [6, 6.07) is 17.9. The van der Waals surface area contributed by atoms with E-state index in [0.717, 1.165) is 5.69 Å². The third kappa shape index (κ3) is 4.34. The summed E-state index contributed by atoms with van der Waals surface area (Å²) in [6.07, 6.45) is 1.49. The van der Waals surface area contributed by atoms with Crippen LogP contribution in [0, 0.1) is 17.0 Å². The van der Waals surface area contributed by atoms with Crippen molar-refractivity contribution in [2.24, 2.45) is 12.0 Å². The Bertz CT molecular complexity index is 1490.